The van der Waals surface area contributed by atoms with Crippen molar-refractivity contribution in [2.75, 3.05) is 6.61 Å². The van der Waals surface area contributed by atoms with E-state index in [1.165, 1.54) is 6.21 Å². The van der Waals surface area contributed by atoms with Crippen molar-refractivity contribution < 1.29 is 14.6 Å². The average Bonchev–Trinajstić information content (AvgIpc) is 3.03. The third-order valence-electron chi connectivity index (χ3n) is 3.15. The molecule has 0 saturated heterocycles. The van der Waals surface area contributed by atoms with Gasteiger partial charge in [-0.1, -0.05) is 19.9 Å². The molecule has 2 atom stereocenters. The number of allylic oxidation sites excluding steroid dienone is 4. The molecule has 1 aliphatic heterocycles. The van der Waals surface area contributed by atoms with Crippen molar-refractivity contribution in [3.8, 4) is 0 Å². The summed E-state index contributed by atoms with van der Waals surface area (Å²) in [5, 5.41) is 9.59. The number of aliphatic imine (C=N–C) groups is 1. The summed E-state index contributed by atoms with van der Waals surface area (Å²) >= 11 is 0. The van der Waals surface area contributed by atoms with E-state index in [1.54, 1.807) is 6.08 Å². The van der Waals surface area contributed by atoms with Gasteiger partial charge in [0.2, 0.25) is 0 Å². The van der Waals surface area contributed by atoms with Crippen molar-refractivity contribution in [1.29, 1.82) is 0 Å². The number of carbonyl (C=O) groups excluding carboxylic acids is 1. The maximum Gasteiger partial charge on any atom is 0.309 e. The first kappa shape index (κ1) is 12.9. The molecule has 1 saturated carbocycles. The van der Waals surface area contributed by atoms with Gasteiger partial charge < -0.3 is 9.84 Å². The molecular weight excluding hydrogens is 230 g/mol. The van der Waals surface area contributed by atoms with Crippen LogP contribution in [0.2, 0.25) is 0 Å². The number of hydrogen-bond donors (Lipinski definition) is 1. The molecule has 0 amide bonds. The molecule has 1 aliphatic carbocycles. The van der Waals surface area contributed by atoms with E-state index >= 15 is 0 Å². The lowest BCUT2D eigenvalue weighted by atomic mass is 9.91. The number of aliphatic hydroxyl groups excluding tert-OH is 1. The molecule has 18 heavy (non-hydrogen) atoms. The number of hydrogen-bond acceptors (Lipinski definition) is 4. The fourth-order valence-electron chi connectivity index (χ4n) is 2.25. The first-order chi connectivity index (χ1) is 8.43. The minimum Gasteiger partial charge on any atom is -0.507 e. The maximum atomic E-state index is 11.6. The lowest BCUT2D eigenvalue weighted by molar-refractivity contribution is -0.144. The van der Waals surface area contributed by atoms with E-state index < -0.39 is 0 Å². The van der Waals surface area contributed by atoms with Crippen LogP contribution in [0.1, 0.15) is 27.2 Å². The van der Waals surface area contributed by atoms with Crippen LogP contribution < -0.4 is 0 Å². The zero-order valence-electron chi connectivity index (χ0n) is 11.0. The van der Waals surface area contributed by atoms with Crippen LogP contribution in [0.5, 0.6) is 0 Å². The Kier molecular flexibility index (Phi) is 3.28. The lowest BCUT2D eigenvalue weighted by Gasteiger charge is -2.14. The summed E-state index contributed by atoms with van der Waals surface area (Å²) in [5.74, 6) is 0.0979. The monoisotopic (exact) mass is 249 g/mol. The van der Waals surface area contributed by atoms with Crippen LogP contribution in [-0.2, 0) is 9.53 Å². The van der Waals surface area contributed by atoms with Crippen molar-refractivity contribution in [3.63, 3.8) is 0 Å². The molecule has 0 bridgehead atoms. The van der Waals surface area contributed by atoms with Gasteiger partial charge in [0, 0.05) is 17.0 Å². The van der Waals surface area contributed by atoms with E-state index in [-0.39, 0.29) is 29.0 Å². The quantitative estimate of drug-likeness (QED) is 0.782. The van der Waals surface area contributed by atoms with Crippen LogP contribution in [0, 0.1) is 17.3 Å². The fraction of sp³-hybridized carbons (Fsp3) is 0.571. The standard InChI is InChI=1S/C14H19NO3/c1-4-18-13(17)11-5-10(11)12-7-14(2,3)6-9(16)8-15-12/h6-8,10-11,16H,4-5H2,1-3H3. The van der Waals surface area contributed by atoms with Crippen molar-refractivity contribution in [2.45, 2.75) is 27.2 Å². The van der Waals surface area contributed by atoms with Crippen LogP contribution in [-0.4, -0.2) is 23.9 Å². The van der Waals surface area contributed by atoms with Crippen molar-refractivity contribution in [1.82, 2.24) is 0 Å². The number of carbonyl (C=O) groups is 1. The highest BCUT2D eigenvalue weighted by Crippen LogP contribution is 2.47. The minimum atomic E-state index is -0.252. The van der Waals surface area contributed by atoms with Crippen molar-refractivity contribution in [3.05, 3.63) is 23.6 Å². The minimum absolute atomic E-state index is 0.0654. The molecular formula is C14H19NO3. The van der Waals surface area contributed by atoms with E-state index in [1.807, 2.05) is 26.8 Å². The Morgan fingerprint density at radius 3 is 2.94 bits per heavy atom. The predicted molar refractivity (Wildman–Crippen MR) is 69.3 cm³/mol. The molecule has 2 aliphatic rings. The first-order valence-electron chi connectivity index (χ1n) is 6.28. The predicted octanol–water partition coefficient (Wildman–Crippen LogP) is 2.62. The molecule has 0 aromatic rings. The molecule has 2 rings (SSSR count). The number of esters is 1. The van der Waals surface area contributed by atoms with Gasteiger partial charge in [-0.2, -0.15) is 0 Å². The fourth-order valence-corrected chi connectivity index (χ4v) is 2.25. The normalized spacial score (nSPS) is 29.1. The zero-order valence-corrected chi connectivity index (χ0v) is 11.0. The summed E-state index contributed by atoms with van der Waals surface area (Å²) in [7, 11) is 0. The average molecular weight is 249 g/mol. The molecule has 1 N–H and O–H groups in total. The molecule has 0 aromatic carbocycles. The van der Waals surface area contributed by atoms with Gasteiger partial charge in [0.05, 0.1) is 18.7 Å². The van der Waals surface area contributed by atoms with E-state index in [4.69, 9.17) is 4.74 Å². The molecule has 1 fully saturated rings. The van der Waals surface area contributed by atoms with E-state index in [0.29, 0.717) is 6.61 Å². The number of ether oxygens (including phenoxy) is 1. The second-order valence-corrected chi connectivity index (χ2v) is 5.42. The molecule has 4 heteroatoms. The van der Waals surface area contributed by atoms with Crippen LogP contribution in [0.15, 0.2) is 28.6 Å². The van der Waals surface area contributed by atoms with Gasteiger partial charge in [0.15, 0.2) is 0 Å². The van der Waals surface area contributed by atoms with Gasteiger partial charge in [-0.25, -0.2) is 0 Å². The third kappa shape index (κ3) is 2.81. The molecule has 0 aromatic heterocycles. The van der Waals surface area contributed by atoms with E-state index in [0.717, 1.165) is 12.1 Å². The summed E-state index contributed by atoms with van der Waals surface area (Å²) in [6.07, 6.45) is 6.00. The van der Waals surface area contributed by atoms with Crippen molar-refractivity contribution >= 4 is 12.2 Å². The summed E-state index contributed by atoms with van der Waals surface area (Å²) in [4.78, 5) is 15.9. The van der Waals surface area contributed by atoms with Gasteiger partial charge in [-0.15, -0.1) is 0 Å². The van der Waals surface area contributed by atoms with E-state index in [9.17, 15) is 9.90 Å². The second kappa shape index (κ2) is 4.59. The van der Waals surface area contributed by atoms with Crippen LogP contribution in [0.3, 0.4) is 0 Å². The zero-order chi connectivity index (χ0) is 13.3. The van der Waals surface area contributed by atoms with Crippen molar-refractivity contribution in [2.24, 2.45) is 22.2 Å². The van der Waals surface area contributed by atoms with Crippen LogP contribution >= 0.6 is 0 Å². The maximum absolute atomic E-state index is 11.6. The van der Waals surface area contributed by atoms with E-state index in [2.05, 4.69) is 4.99 Å². The Hall–Kier alpha value is -1.58. The summed E-state index contributed by atoms with van der Waals surface area (Å²) in [6.45, 7) is 6.22. The van der Waals surface area contributed by atoms with Crippen LogP contribution in [0.25, 0.3) is 0 Å². The van der Waals surface area contributed by atoms with Crippen LogP contribution in [0.4, 0.5) is 0 Å². The Labute approximate surface area is 107 Å². The highest BCUT2D eigenvalue weighted by molar-refractivity contribution is 5.79. The lowest BCUT2D eigenvalue weighted by Crippen LogP contribution is -2.09. The van der Waals surface area contributed by atoms with Gasteiger partial charge in [0.25, 0.3) is 0 Å². The molecule has 2 unspecified atom stereocenters. The SMILES string of the molecule is CCOC(=O)C1CC1C1=CC(C)(C)C=C(O)C=N1. The Morgan fingerprint density at radius 2 is 2.28 bits per heavy atom. The summed E-state index contributed by atoms with van der Waals surface area (Å²) < 4.78 is 5.01. The Morgan fingerprint density at radius 1 is 1.56 bits per heavy atom. The molecule has 1 heterocycles. The highest BCUT2D eigenvalue weighted by Gasteiger charge is 2.47. The highest BCUT2D eigenvalue weighted by atomic mass is 16.5. The number of nitrogens with zero attached hydrogens (tertiary/aromatic N) is 1. The van der Waals surface area contributed by atoms with Gasteiger partial charge >= 0.3 is 5.97 Å². The van der Waals surface area contributed by atoms with Gasteiger partial charge in [0.1, 0.15) is 5.76 Å². The second-order valence-electron chi connectivity index (χ2n) is 5.42. The summed E-state index contributed by atoms with van der Waals surface area (Å²) in [5.41, 5.74) is 0.621. The molecule has 4 nitrogen and oxygen atoms in total. The Bertz CT molecular complexity index is 446. The Balaban J connectivity index is 2.10. The molecule has 0 spiro atoms. The molecule has 0 radical (unpaired) electrons. The first-order valence-corrected chi connectivity index (χ1v) is 6.28. The summed E-state index contributed by atoms with van der Waals surface area (Å²) in [6, 6.07) is 0. The topological polar surface area (TPSA) is 58.9 Å². The molecule has 98 valence electrons. The smallest absolute Gasteiger partial charge is 0.309 e. The van der Waals surface area contributed by atoms with Gasteiger partial charge in [-0.3, -0.25) is 9.79 Å². The third-order valence-corrected chi connectivity index (χ3v) is 3.15. The number of aliphatic hydroxyl groups is 1. The van der Waals surface area contributed by atoms with Gasteiger partial charge in [-0.05, 0) is 19.4 Å². The number of rotatable bonds is 3. The largest absolute Gasteiger partial charge is 0.507 e.